The molecule has 0 spiro atoms. The summed E-state index contributed by atoms with van der Waals surface area (Å²) in [5.74, 6) is 0.487. The summed E-state index contributed by atoms with van der Waals surface area (Å²) in [4.78, 5) is -0.0337. The van der Waals surface area contributed by atoms with Crippen LogP contribution in [0.4, 0.5) is 5.82 Å². The van der Waals surface area contributed by atoms with Crippen molar-refractivity contribution in [3.05, 3.63) is 34.8 Å². The molecule has 0 radical (unpaired) electrons. The van der Waals surface area contributed by atoms with Gasteiger partial charge < -0.3 is 10.2 Å². The van der Waals surface area contributed by atoms with Crippen LogP contribution in [0.25, 0.3) is 0 Å². The number of anilines is 1. The molecule has 7 nitrogen and oxygen atoms in total. The zero-order valence-corrected chi connectivity index (χ0v) is 11.4. The maximum atomic E-state index is 12.0. The van der Waals surface area contributed by atoms with Crippen LogP contribution in [0.1, 0.15) is 5.76 Å². The SMILES string of the molecule is NCc1cc(S(=O)(=O)Nc2cccnn2)c(Br)o1. The Morgan fingerprint density at radius 3 is 2.83 bits per heavy atom. The molecule has 0 saturated heterocycles. The number of hydrogen-bond acceptors (Lipinski definition) is 6. The minimum Gasteiger partial charge on any atom is -0.452 e. The van der Waals surface area contributed by atoms with Crippen molar-refractivity contribution in [2.45, 2.75) is 11.4 Å². The zero-order chi connectivity index (χ0) is 13.2. The summed E-state index contributed by atoms with van der Waals surface area (Å²) in [6, 6.07) is 4.41. The lowest BCUT2D eigenvalue weighted by atomic mass is 10.5. The summed E-state index contributed by atoms with van der Waals surface area (Å²) in [5.41, 5.74) is 5.38. The molecule has 18 heavy (non-hydrogen) atoms. The molecule has 0 aromatic carbocycles. The van der Waals surface area contributed by atoms with Crippen LogP contribution in [0.2, 0.25) is 0 Å². The minimum absolute atomic E-state index is 0.0337. The highest BCUT2D eigenvalue weighted by atomic mass is 79.9. The Balaban J connectivity index is 2.34. The molecule has 0 aliphatic heterocycles. The van der Waals surface area contributed by atoms with Crippen LogP contribution in [0, 0.1) is 0 Å². The number of nitrogens with two attached hydrogens (primary N) is 1. The van der Waals surface area contributed by atoms with Crippen molar-refractivity contribution < 1.29 is 12.8 Å². The predicted octanol–water partition coefficient (Wildman–Crippen LogP) is 1.09. The van der Waals surface area contributed by atoms with Crippen molar-refractivity contribution in [3.8, 4) is 0 Å². The first kappa shape index (κ1) is 13.0. The third-order valence-electron chi connectivity index (χ3n) is 2.01. The highest BCUT2D eigenvalue weighted by Crippen LogP contribution is 2.27. The molecular weight excluding hydrogens is 324 g/mol. The van der Waals surface area contributed by atoms with Gasteiger partial charge in [0.05, 0.1) is 6.54 Å². The lowest BCUT2D eigenvalue weighted by Gasteiger charge is -2.03. The average molecular weight is 333 g/mol. The predicted molar refractivity (Wildman–Crippen MR) is 67.1 cm³/mol. The van der Waals surface area contributed by atoms with Crippen molar-refractivity contribution >= 4 is 31.8 Å². The standard InChI is InChI=1S/C9H9BrN4O3S/c10-9-7(4-6(5-11)17-9)18(15,16)14-8-2-1-3-12-13-8/h1-4H,5,11H2,(H,13,14). The first-order valence-corrected chi connectivity index (χ1v) is 7.09. The smallest absolute Gasteiger partial charge is 0.267 e. The monoisotopic (exact) mass is 332 g/mol. The van der Waals surface area contributed by atoms with Crippen LogP contribution in [0.3, 0.4) is 0 Å². The van der Waals surface area contributed by atoms with Crippen molar-refractivity contribution in [1.29, 1.82) is 0 Å². The van der Waals surface area contributed by atoms with Crippen molar-refractivity contribution in [2.75, 3.05) is 4.72 Å². The van der Waals surface area contributed by atoms with Gasteiger partial charge in [0.25, 0.3) is 10.0 Å². The Labute approximate surface area is 112 Å². The highest BCUT2D eigenvalue weighted by Gasteiger charge is 2.22. The Bertz CT molecular complexity index is 641. The molecule has 0 bridgehead atoms. The van der Waals surface area contributed by atoms with E-state index >= 15 is 0 Å². The lowest BCUT2D eigenvalue weighted by Crippen LogP contribution is -2.14. The van der Waals surface area contributed by atoms with E-state index in [0.717, 1.165) is 0 Å². The summed E-state index contributed by atoms with van der Waals surface area (Å²) in [6.45, 7) is 0.110. The molecule has 3 N–H and O–H groups in total. The molecule has 2 aromatic heterocycles. The third kappa shape index (κ3) is 2.68. The van der Waals surface area contributed by atoms with Gasteiger partial charge in [-0.3, -0.25) is 4.72 Å². The number of halogens is 1. The fourth-order valence-electron chi connectivity index (χ4n) is 1.23. The maximum absolute atomic E-state index is 12.0. The van der Waals surface area contributed by atoms with Crippen LogP contribution < -0.4 is 10.5 Å². The van der Waals surface area contributed by atoms with Gasteiger partial charge >= 0.3 is 0 Å². The molecule has 2 rings (SSSR count). The number of sulfonamides is 1. The van der Waals surface area contributed by atoms with E-state index in [-0.39, 0.29) is 21.9 Å². The van der Waals surface area contributed by atoms with E-state index < -0.39 is 10.0 Å². The molecule has 0 atom stereocenters. The molecule has 9 heteroatoms. The van der Waals surface area contributed by atoms with Gasteiger partial charge in [0.1, 0.15) is 10.7 Å². The molecule has 0 fully saturated rings. The number of furan rings is 1. The fourth-order valence-corrected chi connectivity index (χ4v) is 3.23. The molecule has 2 heterocycles. The first-order valence-electron chi connectivity index (χ1n) is 4.82. The molecule has 0 amide bonds. The molecular formula is C9H9BrN4O3S. The second-order valence-corrected chi connectivity index (χ2v) is 5.64. The van der Waals surface area contributed by atoms with Gasteiger partial charge in [-0.25, -0.2) is 8.42 Å². The number of nitrogens with one attached hydrogen (secondary N) is 1. The van der Waals surface area contributed by atoms with Gasteiger partial charge in [0, 0.05) is 12.3 Å². The van der Waals surface area contributed by atoms with E-state index in [4.69, 9.17) is 10.2 Å². The summed E-state index contributed by atoms with van der Waals surface area (Å²) in [5, 5.41) is 7.21. The zero-order valence-electron chi connectivity index (χ0n) is 9.00. The van der Waals surface area contributed by atoms with Crippen LogP contribution >= 0.6 is 15.9 Å². The van der Waals surface area contributed by atoms with Gasteiger partial charge in [-0.1, -0.05) is 0 Å². The number of hydrogen-bond donors (Lipinski definition) is 2. The molecule has 0 saturated carbocycles. The van der Waals surface area contributed by atoms with Crippen molar-refractivity contribution in [1.82, 2.24) is 10.2 Å². The second kappa shape index (κ2) is 5.04. The normalized spacial score (nSPS) is 11.4. The molecule has 0 aliphatic rings. The van der Waals surface area contributed by atoms with Gasteiger partial charge in [-0.05, 0) is 28.1 Å². The first-order chi connectivity index (χ1) is 8.53. The summed E-state index contributed by atoms with van der Waals surface area (Å²) < 4.78 is 31.6. The summed E-state index contributed by atoms with van der Waals surface area (Å²) in [7, 11) is -3.78. The topological polar surface area (TPSA) is 111 Å². The van der Waals surface area contributed by atoms with Gasteiger partial charge in [-0.2, -0.15) is 5.10 Å². The van der Waals surface area contributed by atoms with E-state index in [1.54, 1.807) is 6.07 Å². The fraction of sp³-hybridized carbons (Fsp3) is 0.111. The van der Waals surface area contributed by atoms with Crippen LogP contribution in [-0.2, 0) is 16.6 Å². The van der Waals surface area contributed by atoms with Crippen LogP contribution in [-0.4, -0.2) is 18.6 Å². The minimum atomic E-state index is -3.78. The highest BCUT2D eigenvalue weighted by molar-refractivity contribution is 9.10. The van der Waals surface area contributed by atoms with E-state index in [2.05, 4.69) is 30.8 Å². The van der Waals surface area contributed by atoms with Gasteiger partial charge in [0.2, 0.25) is 0 Å². The quantitative estimate of drug-likeness (QED) is 0.866. The summed E-state index contributed by atoms with van der Waals surface area (Å²) >= 11 is 3.03. The Hall–Kier alpha value is -1.45. The molecule has 96 valence electrons. The molecule has 0 unspecified atom stereocenters. The number of rotatable bonds is 4. The third-order valence-corrected chi connectivity index (χ3v) is 4.22. The average Bonchev–Trinajstić information content (AvgIpc) is 2.72. The number of nitrogens with zero attached hydrogens (tertiary/aromatic N) is 2. The molecule has 2 aromatic rings. The van der Waals surface area contributed by atoms with E-state index in [9.17, 15) is 8.42 Å². The van der Waals surface area contributed by atoms with Gasteiger partial charge in [-0.15, -0.1) is 5.10 Å². The van der Waals surface area contributed by atoms with Crippen molar-refractivity contribution in [2.24, 2.45) is 5.73 Å². The van der Waals surface area contributed by atoms with E-state index in [1.807, 2.05) is 0 Å². The lowest BCUT2D eigenvalue weighted by molar-refractivity contribution is 0.484. The molecule has 0 aliphatic carbocycles. The van der Waals surface area contributed by atoms with Gasteiger partial charge in [0.15, 0.2) is 10.5 Å². The van der Waals surface area contributed by atoms with E-state index in [0.29, 0.717) is 5.76 Å². The Kier molecular flexibility index (Phi) is 3.64. The van der Waals surface area contributed by atoms with Crippen LogP contribution in [0.15, 0.2) is 38.4 Å². The Morgan fingerprint density at radius 2 is 2.28 bits per heavy atom. The van der Waals surface area contributed by atoms with Crippen molar-refractivity contribution in [3.63, 3.8) is 0 Å². The second-order valence-electron chi connectivity index (χ2n) is 3.27. The van der Waals surface area contributed by atoms with Crippen LogP contribution in [0.5, 0.6) is 0 Å². The Morgan fingerprint density at radius 1 is 1.50 bits per heavy atom. The number of aromatic nitrogens is 2. The van der Waals surface area contributed by atoms with E-state index in [1.165, 1.54) is 18.3 Å². The summed E-state index contributed by atoms with van der Waals surface area (Å²) in [6.07, 6.45) is 1.44. The largest absolute Gasteiger partial charge is 0.452 e. The maximum Gasteiger partial charge on any atom is 0.267 e.